The van der Waals surface area contributed by atoms with Gasteiger partial charge in [-0.1, -0.05) is 77.0 Å². The predicted molar refractivity (Wildman–Crippen MR) is 150 cm³/mol. The van der Waals surface area contributed by atoms with Crippen LogP contribution in [0.4, 0.5) is 0 Å². The molecule has 0 bridgehead atoms. The summed E-state index contributed by atoms with van der Waals surface area (Å²) in [7, 11) is 0. The van der Waals surface area contributed by atoms with Gasteiger partial charge in [0.2, 0.25) is 0 Å². The van der Waals surface area contributed by atoms with Crippen LogP contribution in [0.3, 0.4) is 0 Å². The Morgan fingerprint density at radius 3 is 2.36 bits per heavy atom. The average molecular weight is 490 g/mol. The second-order valence-corrected chi connectivity index (χ2v) is 14.7. The highest BCUT2D eigenvalue weighted by Gasteiger charge is 2.71. The molecule has 2 heteroatoms. The molecule has 0 saturated carbocycles. The lowest BCUT2D eigenvalue weighted by molar-refractivity contribution is -0.191. The Morgan fingerprint density at radius 1 is 1.03 bits per heavy atom. The minimum absolute atomic E-state index is 0.156. The van der Waals surface area contributed by atoms with E-state index < -0.39 is 0 Å². The first-order valence-corrected chi connectivity index (χ1v) is 15.2. The molecule has 0 N–H and O–H groups in total. The van der Waals surface area contributed by atoms with Gasteiger partial charge in [-0.05, 0) is 99.5 Å². The zero-order chi connectivity index (χ0) is 25.8. The van der Waals surface area contributed by atoms with E-state index >= 15 is 0 Å². The summed E-state index contributed by atoms with van der Waals surface area (Å²) in [5.41, 5.74) is 7.03. The third kappa shape index (κ3) is 3.16. The van der Waals surface area contributed by atoms with Crippen LogP contribution >= 0.6 is 0 Å². The third-order valence-electron chi connectivity index (χ3n) is 11.9. The van der Waals surface area contributed by atoms with Crippen molar-refractivity contribution in [1.29, 1.82) is 0 Å². The molecule has 9 unspecified atom stereocenters. The summed E-state index contributed by atoms with van der Waals surface area (Å²) in [4.78, 5) is 2.99. The van der Waals surface area contributed by atoms with E-state index in [2.05, 4.69) is 91.5 Å². The van der Waals surface area contributed by atoms with Gasteiger partial charge in [-0.15, -0.1) is 0 Å². The van der Waals surface area contributed by atoms with Crippen LogP contribution in [0.15, 0.2) is 46.6 Å². The minimum atomic E-state index is 0.156. The fourth-order valence-electron chi connectivity index (χ4n) is 10.5. The lowest BCUT2D eigenvalue weighted by Crippen LogP contribution is -2.74. The molecular formula is C34H51NO. The van der Waals surface area contributed by atoms with E-state index in [0.29, 0.717) is 41.2 Å². The normalized spacial score (nSPS) is 48.0. The molecule has 3 heterocycles. The fourth-order valence-corrected chi connectivity index (χ4v) is 10.5. The van der Waals surface area contributed by atoms with Gasteiger partial charge in [0.15, 0.2) is 0 Å². The van der Waals surface area contributed by atoms with Crippen molar-refractivity contribution in [2.45, 2.75) is 125 Å². The molecule has 0 amide bonds. The Hall–Kier alpha value is -1.12. The van der Waals surface area contributed by atoms with Crippen LogP contribution in [0, 0.1) is 40.4 Å². The molecular weight excluding hydrogens is 438 g/mol. The maximum Gasteiger partial charge on any atom is 0.115 e. The Bertz CT molecular complexity index is 1050. The maximum absolute atomic E-state index is 7.23. The largest absolute Gasteiger partial charge is 0.355 e. The van der Waals surface area contributed by atoms with E-state index in [1.165, 1.54) is 49.7 Å². The van der Waals surface area contributed by atoms with E-state index in [1.54, 1.807) is 11.1 Å². The molecule has 3 aliphatic carbocycles. The quantitative estimate of drug-likeness (QED) is 0.369. The van der Waals surface area contributed by atoms with E-state index in [0.717, 1.165) is 5.92 Å². The summed E-state index contributed by atoms with van der Waals surface area (Å²) in [6.45, 7) is 21.8. The molecule has 6 aliphatic rings. The lowest BCUT2D eigenvalue weighted by Gasteiger charge is -2.70. The summed E-state index contributed by atoms with van der Waals surface area (Å²) < 4.78 is 7.23. The summed E-state index contributed by atoms with van der Waals surface area (Å²) in [5, 5.41) is 0. The summed E-state index contributed by atoms with van der Waals surface area (Å²) >= 11 is 0. The molecule has 3 fully saturated rings. The van der Waals surface area contributed by atoms with Gasteiger partial charge in [0, 0.05) is 17.4 Å². The topological polar surface area (TPSA) is 12.5 Å². The van der Waals surface area contributed by atoms with Crippen LogP contribution in [0.2, 0.25) is 0 Å². The van der Waals surface area contributed by atoms with E-state index in [-0.39, 0.29) is 17.2 Å². The smallest absolute Gasteiger partial charge is 0.115 e. The van der Waals surface area contributed by atoms with Crippen molar-refractivity contribution in [2.75, 3.05) is 0 Å². The Morgan fingerprint density at radius 2 is 1.78 bits per heavy atom. The second-order valence-electron chi connectivity index (χ2n) is 14.7. The van der Waals surface area contributed by atoms with Gasteiger partial charge in [0.05, 0.1) is 11.6 Å². The maximum atomic E-state index is 7.23. The van der Waals surface area contributed by atoms with Gasteiger partial charge in [0.25, 0.3) is 0 Å². The Labute approximate surface area is 221 Å². The average Bonchev–Trinajstić information content (AvgIpc) is 3.32. The van der Waals surface area contributed by atoms with E-state index in [9.17, 15) is 0 Å². The standard InChI is InChI=1S/C34H51NO/c1-10-33-12-13-34(33,11-2)35-27(26-19-25(32(7,8)9)16-23(6)30(26)33)17-24-18-28(36-31(24)35)29-21(4)14-20(3)15-22(29)5/h12-14,16,22,24-28,30-31H,10-11,15,17-19H2,1-9H3/t22?,24?,25?,26?,27?,28?,30?,31-,33?,34?/m1/s1. The molecule has 3 aliphatic heterocycles. The zero-order valence-electron chi connectivity index (χ0n) is 24.5. The number of hydrogen-bond donors (Lipinski definition) is 0. The summed E-state index contributed by atoms with van der Waals surface area (Å²) in [6.07, 6.45) is 18.5. The van der Waals surface area contributed by atoms with Crippen molar-refractivity contribution >= 4 is 0 Å². The highest BCUT2D eigenvalue weighted by atomic mass is 16.5. The first-order valence-electron chi connectivity index (χ1n) is 15.2. The van der Waals surface area contributed by atoms with Gasteiger partial charge in [0.1, 0.15) is 6.23 Å². The molecule has 0 aromatic heterocycles. The highest BCUT2D eigenvalue weighted by Crippen LogP contribution is 2.70. The van der Waals surface area contributed by atoms with Gasteiger partial charge in [-0.3, -0.25) is 4.90 Å². The van der Waals surface area contributed by atoms with Crippen LogP contribution in [0.5, 0.6) is 0 Å². The Balaban J connectivity index is 1.39. The summed E-state index contributed by atoms with van der Waals surface area (Å²) in [6, 6.07) is 0.657. The van der Waals surface area contributed by atoms with Crippen LogP contribution in [0.1, 0.15) is 101 Å². The van der Waals surface area contributed by atoms with Gasteiger partial charge < -0.3 is 4.74 Å². The van der Waals surface area contributed by atoms with Crippen LogP contribution < -0.4 is 0 Å². The molecule has 0 aromatic rings. The second kappa shape index (κ2) is 8.19. The number of allylic oxidation sites excluding steroid dienone is 5. The molecule has 36 heavy (non-hydrogen) atoms. The number of ether oxygens (including phenoxy) is 1. The molecule has 0 radical (unpaired) electrons. The zero-order valence-corrected chi connectivity index (χ0v) is 24.5. The van der Waals surface area contributed by atoms with Gasteiger partial charge >= 0.3 is 0 Å². The van der Waals surface area contributed by atoms with Crippen molar-refractivity contribution in [1.82, 2.24) is 4.90 Å². The van der Waals surface area contributed by atoms with Crippen molar-refractivity contribution < 1.29 is 4.74 Å². The summed E-state index contributed by atoms with van der Waals surface area (Å²) in [5.74, 6) is 3.39. The number of piperidine rings is 1. The number of fused-ring (bicyclic) bond motifs is 8. The minimum Gasteiger partial charge on any atom is -0.355 e. The van der Waals surface area contributed by atoms with Crippen molar-refractivity contribution in [3.63, 3.8) is 0 Å². The monoisotopic (exact) mass is 489 g/mol. The number of rotatable bonds is 3. The van der Waals surface area contributed by atoms with Crippen LogP contribution in [-0.4, -0.2) is 28.8 Å². The fraction of sp³-hybridized carbons (Fsp3) is 0.765. The lowest BCUT2D eigenvalue weighted by atomic mass is 9.43. The van der Waals surface area contributed by atoms with E-state index in [1.807, 2.05) is 0 Å². The van der Waals surface area contributed by atoms with Gasteiger partial charge in [-0.25, -0.2) is 0 Å². The molecule has 0 spiro atoms. The Kier molecular flexibility index (Phi) is 5.73. The number of nitrogens with zero attached hydrogens (tertiary/aromatic N) is 1. The van der Waals surface area contributed by atoms with Crippen LogP contribution in [-0.2, 0) is 4.74 Å². The van der Waals surface area contributed by atoms with Crippen molar-refractivity contribution in [2.24, 2.45) is 40.4 Å². The first kappa shape index (κ1) is 25.2. The number of hydrogen-bond acceptors (Lipinski definition) is 2. The van der Waals surface area contributed by atoms with Gasteiger partial charge in [-0.2, -0.15) is 0 Å². The SMILES string of the molecule is CCC12C=CC1(CC)N1C(CC3CC(C4=C(C)C=C(C)CC4C)O[C@H]31)C1CC(C(C)(C)C)C=C(C)C12. The predicted octanol–water partition coefficient (Wildman–Crippen LogP) is 8.47. The molecule has 3 saturated heterocycles. The molecule has 10 atom stereocenters. The highest BCUT2D eigenvalue weighted by molar-refractivity contribution is 5.43. The molecule has 0 aromatic carbocycles. The van der Waals surface area contributed by atoms with E-state index in [4.69, 9.17) is 4.74 Å². The molecule has 6 rings (SSSR count). The van der Waals surface area contributed by atoms with Crippen molar-refractivity contribution in [3.05, 3.63) is 46.6 Å². The van der Waals surface area contributed by atoms with Crippen LogP contribution in [0.25, 0.3) is 0 Å². The first-order chi connectivity index (χ1) is 17.0. The van der Waals surface area contributed by atoms with Crippen molar-refractivity contribution in [3.8, 4) is 0 Å². The third-order valence-corrected chi connectivity index (χ3v) is 11.9. The molecule has 2 nitrogen and oxygen atoms in total. The molecule has 198 valence electrons.